The van der Waals surface area contributed by atoms with E-state index in [4.69, 9.17) is 16.3 Å². The van der Waals surface area contributed by atoms with Crippen molar-refractivity contribution in [2.75, 3.05) is 10.8 Å². The molecule has 0 saturated heterocycles. The Bertz CT molecular complexity index is 1240. The summed E-state index contributed by atoms with van der Waals surface area (Å²) in [6.45, 7) is 2.12. The lowest BCUT2D eigenvalue weighted by Gasteiger charge is -2.36. The molecule has 30 heavy (non-hydrogen) atoms. The van der Waals surface area contributed by atoms with Gasteiger partial charge in [-0.3, -0.25) is 0 Å². The number of nitrogens with zero attached hydrogens (tertiary/aromatic N) is 2. The van der Waals surface area contributed by atoms with Crippen LogP contribution in [0.5, 0.6) is 0 Å². The lowest BCUT2D eigenvalue weighted by molar-refractivity contribution is 0.147. The number of hydrogen-bond donors (Lipinski definition) is 0. The van der Waals surface area contributed by atoms with Gasteiger partial charge in [-0.05, 0) is 37.3 Å². The Morgan fingerprint density at radius 3 is 2.40 bits per heavy atom. The molecule has 2 heterocycles. The summed E-state index contributed by atoms with van der Waals surface area (Å²) in [5.74, 6) is 0.383. The summed E-state index contributed by atoms with van der Waals surface area (Å²) < 4.78 is 34.9. The van der Waals surface area contributed by atoms with Crippen LogP contribution < -0.4 is 4.31 Å². The second-order valence-electron chi connectivity index (χ2n) is 7.45. The molecule has 3 aromatic carbocycles. The van der Waals surface area contributed by atoms with Crippen molar-refractivity contribution in [1.29, 1.82) is 0 Å². The summed E-state index contributed by atoms with van der Waals surface area (Å²) in [6, 6.07) is 23.4. The van der Waals surface area contributed by atoms with Gasteiger partial charge in [-0.25, -0.2) is 17.7 Å². The Morgan fingerprint density at radius 2 is 1.67 bits per heavy atom. The SMILES string of the molecule is Cc1ccc(S(=O)(=O)N2c3ccccc3[C@]3(Cl)CN=C(c4ccccc4)O[C@H]23)cc1. The number of para-hydroxylation sites is 1. The Balaban J connectivity index is 1.65. The Hall–Kier alpha value is -2.83. The third kappa shape index (κ3) is 2.82. The summed E-state index contributed by atoms with van der Waals surface area (Å²) in [4.78, 5) is 3.64. The molecule has 3 aromatic rings. The normalized spacial score (nSPS) is 22.7. The van der Waals surface area contributed by atoms with Gasteiger partial charge in [0.25, 0.3) is 10.0 Å². The van der Waals surface area contributed by atoms with Crippen LogP contribution in [0.25, 0.3) is 0 Å². The van der Waals surface area contributed by atoms with Crippen LogP contribution in [0.15, 0.2) is 88.8 Å². The third-order valence-corrected chi connectivity index (χ3v) is 7.75. The van der Waals surface area contributed by atoms with E-state index in [1.54, 1.807) is 36.4 Å². The molecule has 2 aliphatic rings. The number of ether oxygens (including phenoxy) is 1. The van der Waals surface area contributed by atoms with Crippen molar-refractivity contribution in [1.82, 2.24) is 0 Å². The fraction of sp³-hybridized carbons (Fsp3) is 0.174. The Labute approximate surface area is 180 Å². The van der Waals surface area contributed by atoms with E-state index >= 15 is 0 Å². The van der Waals surface area contributed by atoms with Crippen LogP contribution in [0.4, 0.5) is 5.69 Å². The smallest absolute Gasteiger partial charge is 0.267 e. The van der Waals surface area contributed by atoms with Gasteiger partial charge in [0.15, 0.2) is 0 Å². The Kier molecular flexibility index (Phi) is 4.38. The topological polar surface area (TPSA) is 59.0 Å². The molecule has 0 spiro atoms. The zero-order valence-electron chi connectivity index (χ0n) is 16.2. The third-order valence-electron chi connectivity index (χ3n) is 5.47. The van der Waals surface area contributed by atoms with Crippen LogP contribution in [0.1, 0.15) is 16.7 Å². The lowest BCUT2D eigenvalue weighted by atomic mass is 9.98. The monoisotopic (exact) mass is 438 g/mol. The average molecular weight is 439 g/mol. The fourth-order valence-electron chi connectivity index (χ4n) is 3.92. The largest absolute Gasteiger partial charge is 0.450 e. The fourth-order valence-corrected chi connectivity index (χ4v) is 5.94. The number of fused-ring (bicyclic) bond motifs is 3. The van der Waals surface area contributed by atoms with Gasteiger partial charge >= 0.3 is 0 Å². The highest BCUT2D eigenvalue weighted by Crippen LogP contribution is 2.52. The van der Waals surface area contributed by atoms with Crippen LogP contribution in [-0.2, 0) is 19.6 Å². The van der Waals surface area contributed by atoms with Crippen LogP contribution in [0.3, 0.4) is 0 Å². The van der Waals surface area contributed by atoms with Crippen molar-refractivity contribution in [3.8, 4) is 0 Å². The molecule has 0 radical (unpaired) electrons. The molecular weight excluding hydrogens is 420 g/mol. The van der Waals surface area contributed by atoms with E-state index in [2.05, 4.69) is 4.99 Å². The number of anilines is 1. The first-order valence-corrected chi connectivity index (χ1v) is 11.4. The van der Waals surface area contributed by atoms with Crippen molar-refractivity contribution in [3.05, 3.63) is 95.6 Å². The lowest BCUT2D eigenvalue weighted by Crippen LogP contribution is -2.51. The number of rotatable bonds is 3. The molecular formula is C23H19ClN2O3S. The molecule has 0 aliphatic carbocycles. The van der Waals surface area contributed by atoms with Crippen LogP contribution in [0, 0.1) is 6.92 Å². The minimum Gasteiger partial charge on any atom is -0.450 e. The molecule has 0 amide bonds. The van der Waals surface area contributed by atoms with E-state index in [0.717, 1.165) is 11.1 Å². The van der Waals surface area contributed by atoms with Crippen LogP contribution >= 0.6 is 11.6 Å². The molecule has 5 rings (SSSR count). The summed E-state index contributed by atoms with van der Waals surface area (Å²) in [7, 11) is -3.91. The second kappa shape index (κ2) is 6.86. The molecule has 2 atom stereocenters. The first kappa shape index (κ1) is 19.2. The number of aryl methyl sites for hydroxylation is 1. The van der Waals surface area contributed by atoms with Gasteiger partial charge in [0.2, 0.25) is 12.1 Å². The van der Waals surface area contributed by atoms with E-state index in [9.17, 15) is 8.42 Å². The summed E-state index contributed by atoms with van der Waals surface area (Å²) in [5.41, 5.74) is 2.97. The zero-order chi connectivity index (χ0) is 20.9. The molecule has 2 aliphatic heterocycles. The van der Waals surface area contributed by atoms with Crippen molar-refractivity contribution in [2.24, 2.45) is 4.99 Å². The van der Waals surface area contributed by atoms with Crippen molar-refractivity contribution < 1.29 is 13.2 Å². The van der Waals surface area contributed by atoms with E-state index in [0.29, 0.717) is 17.1 Å². The van der Waals surface area contributed by atoms with Gasteiger partial charge in [-0.15, -0.1) is 11.6 Å². The average Bonchev–Trinajstić information content (AvgIpc) is 3.03. The quantitative estimate of drug-likeness (QED) is 0.568. The molecule has 0 saturated carbocycles. The van der Waals surface area contributed by atoms with Gasteiger partial charge in [0.1, 0.15) is 4.87 Å². The molecule has 0 N–H and O–H groups in total. The van der Waals surface area contributed by atoms with Crippen molar-refractivity contribution in [2.45, 2.75) is 22.9 Å². The number of alkyl halides is 1. The van der Waals surface area contributed by atoms with E-state index in [1.807, 2.05) is 49.4 Å². The number of hydrogen-bond acceptors (Lipinski definition) is 4. The van der Waals surface area contributed by atoms with Gasteiger partial charge in [0.05, 0.1) is 17.1 Å². The molecule has 0 bridgehead atoms. The first-order valence-electron chi connectivity index (χ1n) is 9.57. The highest BCUT2D eigenvalue weighted by molar-refractivity contribution is 7.92. The molecule has 7 heteroatoms. The molecule has 0 aromatic heterocycles. The maximum absolute atomic E-state index is 13.7. The van der Waals surface area contributed by atoms with E-state index in [-0.39, 0.29) is 11.4 Å². The highest BCUT2D eigenvalue weighted by Gasteiger charge is 2.57. The Morgan fingerprint density at radius 1 is 1.00 bits per heavy atom. The number of halogens is 1. The van der Waals surface area contributed by atoms with Crippen LogP contribution in [-0.4, -0.2) is 27.1 Å². The van der Waals surface area contributed by atoms with Gasteiger partial charge in [-0.1, -0.05) is 54.1 Å². The van der Waals surface area contributed by atoms with E-state index in [1.165, 1.54) is 4.31 Å². The van der Waals surface area contributed by atoms with Gasteiger partial charge in [0, 0.05) is 11.1 Å². The number of sulfonamides is 1. The minimum absolute atomic E-state index is 0.191. The first-order chi connectivity index (χ1) is 14.4. The molecule has 0 fully saturated rings. The van der Waals surface area contributed by atoms with E-state index < -0.39 is 21.1 Å². The molecule has 0 unspecified atom stereocenters. The second-order valence-corrected chi connectivity index (χ2v) is 9.94. The number of benzene rings is 3. The number of aliphatic imine (C=N–C) groups is 1. The van der Waals surface area contributed by atoms with Crippen molar-refractivity contribution in [3.63, 3.8) is 0 Å². The highest BCUT2D eigenvalue weighted by atomic mass is 35.5. The van der Waals surface area contributed by atoms with Crippen LogP contribution in [0.2, 0.25) is 0 Å². The van der Waals surface area contributed by atoms with Crippen molar-refractivity contribution >= 4 is 33.2 Å². The minimum atomic E-state index is -3.91. The standard InChI is InChI=1S/C23H19ClN2O3S/c1-16-11-13-18(14-12-16)30(27,28)26-20-10-6-5-9-19(20)23(24)15-25-21(29-22(23)26)17-7-3-2-4-8-17/h2-14,22H,15H2,1H3/t22-,23+/m0/s1. The predicted molar refractivity (Wildman–Crippen MR) is 118 cm³/mol. The van der Waals surface area contributed by atoms with Gasteiger partial charge < -0.3 is 4.74 Å². The zero-order valence-corrected chi connectivity index (χ0v) is 17.8. The molecule has 152 valence electrons. The summed E-state index contributed by atoms with van der Waals surface area (Å²) in [5, 5.41) is 0. The van der Waals surface area contributed by atoms with Gasteiger partial charge in [-0.2, -0.15) is 0 Å². The summed E-state index contributed by atoms with van der Waals surface area (Å²) in [6.07, 6.45) is -0.949. The summed E-state index contributed by atoms with van der Waals surface area (Å²) >= 11 is 7.03. The maximum atomic E-state index is 13.7. The predicted octanol–water partition coefficient (Wildman–Crippen LogP) is 4.44. The molecule has 5 nitrogen and oxygen atoms in total. The maximum Gasteiger partial charge on any atom is 0.267 e.